The number of anilines is 2. The van der Waals surface area contributed by atoms with Gasteiger partial charge in [0, 0.05) is 12.2 Å². The predicted octanol–water partition coefficient (Wildman–Crippen LogP) is 5.75. The molecule has 5 rings (SSSR count). The molecule has 0 saturated carbocycles. The largest absolute Gasteiger partial charge is 0.478 e. The average Bonchev–Trinajstić information content (AvgIpc) is 2.87. The molecule has 1 N–H and O–H groups in total. The van der Waals surface area contributed by atoms with Crippen molar-refractivity contribution in [3.8, 4) is 0 Å². The smallest absolute Gasteiger partial charge is 0.335 e. The molecule has 1 aliphatic rings. The summed E-state index contributed by atoms with van der Waals surface area (Å²) < 4.78 is 0. The van der Waals surface area contributed by atoms with Gasteiger partial charge >= 0.3 is 5.97 Å². The molecule has 1 aliphatic heterocycles. The van der Waals surface area contributed by atoms with Crippen molar-refractivity contribution in [2.75, 3.05) is 9.80 Å². The van der Waals surface area contributed by atoms with Crippen LogP contribution in [0.1, 0.15) is 38.0 Å². The summed E-state index contributed by atoms with van der Waals surface area (Å²) in [4.78, 5) is 29.2. The van der Waals surface area contributed by atoms with Gasteiger partial charge in [-0.25, -0.2) is 4.79 Å². The van der Waals surface area contributed by atoms with Crippen LogP contribution in [0.2, 0.25) is 0 Å². The monoisotopic (exact) mass is 434 g/mol. The average molecular weight is 434 g/mol. The van der Waals surface area contributed by atoms with Crippen LogP contribution in [0.5, 0.6) is 0 Å². The highest BCUT2D eigenvalue weighted by Gasteiger charge is 2.39. The lowest BCUT2D eigenvalue weighted by atomic mass is 9.98. The van der Waals surface area contributed by atoms with Gasteiger partial charge in [0.1, 0.15) is 6.17 Å². The van der Waals surface area contributed by atoms with Gasteiger partial charge in [-0.15, -0.1) is 0 Å². The second-order valence-corrected chi connectivity index (χ2v) is 7.94. The molecule has 0 aromatic heterocycles. The molecular weight excluding hydrogens is 412 g/mol. The van der Waals surface area contributed by atoms with E-state index in [1.807, 2.05) is 72.8 Å². The number of carboxylic acid groups (broad SMARTS) is 1. The first-order chi connectivity index (χ1) is 16.1. The summed E-state index contributed by atoms with van der Waals surface area (Å²) in [6.45, 7) is 0.583. The molecule has 162 valence electrons. The Hall–Kier alpha value is -4.38. The molecule has 1 heterocycles. The quantitative estimate of drug-likeness (QED) is 0.434. The van der Waals surface area contributed by atoms with Crippen molar-refractivity contribution in [3.05, 3.63) is 131 Å². The normalized spacial score (nSPS) is 15.3. The first kappa shape index (κ1) is 20.5. The van der Waals surface area contributed by atoms with Crippen molar-refractivity contribution in [2.45, 2.75) is 12.7 Å². The Labute approximate surface area is 192 Å². The van der Waals surface area contributed by atoms with Crippen LogP contribution in [-0.4, -0.2) is 17.0 Å². The predicted molar refractivity (Wildman–Crippen MR) is 128 cm³/mol. The molecule has 1 atom stereocenters. The number of hydrogen-bond acceptors (Lipinski definition) is 3. The van der Waals surface area contributed by atoms with E-state index in [2.05, 4.69) is 17.0 Å². The number of carboxylic acids is 1. The molecule has 0 aliphatic carbocycles. The number of para-hydroxylation sites is 2. The molecule has 1 amide bonds. The molecule has 0 bridgehead atoms. The summed E-state index contributed by atoms with van der Waals surface area (Å²) in [6.07, 6.45) is -0.446. The fourth-order valence-electron chi connectivity index (χ4n) is 4.34. The molecule has 33 heavy (non-hydrogen) atoms. The van der Waals surface area contributed by atoms with Gasteiger partial charge in [0.05, 0.1) is 16.8 Å². The summed E-state index contributed by atoms with van der Waals surface area (Å²) in [6, 6.07) is 34.1. The van der Waals surface area contributed by atoms with Gasteiger partial charge in [0.2, 0.25) is 0 Å². The van der Waals surface area contributed by atoms with Gasteiger partial charge in [-0.05, 0) is 47.5 Å². The number of benzene rings is 4. The van der Waals surface area contributed by atoms with Crippen LogP contribution >= 0.6 is 0 Å². The van der Waals surface area contributed by atoms with E-state index in [1.165, 1.54) is 0 Å². The maximum Gasteiger partial charge on any atom is 0.335 e. The van der Waals surface area contributed by atoms with Crippen LogP contribution in [0.4, 0.5) is 11.4 Å². The molecular formula is C28H22N2O3. The number of aromatic carboxylic acids is 1. The Kier molecular flexibility index (Phi) is 5.37. The third-order valence-corrected chi connectivity index (χ3v) is 5.89. The van der Waals surface area contributed by atoms with Gasteiger partial charge in [-0.1, -0.05) is 72.8 Å². The zero-order chi connectivity index (χ0) is 22.8. The van der Waals surface area contributed by atoms with E-state index >= 15 is 0 Å². The standard InChI is InChI=1S/C28H22N2O3/c31-27-24-13-7-8-14-25(24)29(19-20-9-3-1-4-10-20)26(30(27)23-11-5-2-6-12-23)21-15-17-22(18-16-21)28(32)33/h1-18,26H,19H2,(H,32,33)/t26-/m1/s1. The highest BCUT2D eigenvalue weighted by molar-refractivity contribution is 6.12. The number of carbonyl (C=O) groups is 2. The Balaban J connectivity index is 1.71. The van der Waals surface area contributed by atoms with Crippen molar-refractivity contribution in [1.82, 2.24) is 0 Å². The van der Waals surface area contributed by atoms with Crippen LogP contribution in [0.25, 0.3) is 0 Å². The van der Waals surface area contributed by atoms with Gasteiger partial charge < -0.3 is 10.0 Å². The van der Waals surface area contributed by atoms with Crippen molar-refractivity contribution in [3.63, 3.8) is 0 Å². The van der Waals surface area contributed by atoms with Crippen molar-refractivity contribution < 1.29 is 14.7 Å². The number of hydrogen-bond donors (Lipinski definition) is 1. The zero-order valence-corrected chi connectivity index (χ0v) is 17.8. The first-order valence-corrected chi connectivity index (χ1v) is 10.7. The van der Waals surface area contributed by atoms with E-state index in [4.69, 9.17) is 0 Å². The maximum absolute atomic E-state index is 13.8. The highest BCUT2D eigenvalue weighted by Crippen LogP contribution is 2.42. The van der Waals surface area contributed by atoms with E-state index in [1.54, 1.807) is 29.2 Å². The minimum absolute atomic E-state index is 0.0894. The maximum atomic E-state index is 13.8. The first-order valence-electron chi connectivity index (χ1n) is 10.7. The molecule has 5 heteroatoms. The van der Waals surface area contributed by atoms with Crippen LogP contribution in [0.15, 0.2) is 109 Å². The van der Waals surface area contributed by atoms with Crippen molar-refractivity contribution in [2.24, 2.45) is 0 Å². The van der Waals surface area contributed by atoms with Gasteiger partial charge in [0.15, 0.2) is 0 Å². The SMILES string of the molecule is O=C(O)c1ccc([C@@H]2N(Cc3ccccc3)c3ccccc3C(=O)N2c2ccccc2)cc1. The van der Waals surface area contributed by atoms with E-state index in [-0.39, 0.29) is 11.5 Å². The van der Waals surface area contributed by atoms with Gasteiger partial charge in [-0.2, -0.15) is 0 Å². The topological polar surface area (TPSA) is 60.9 Å². The number of carbonyl (C=O) groups excluding carboxylic acids is 1. The Morgan fingerprint density at radius 2 is 1.36 bits per heavy atom. The third kappa shape index (κ3) is 3.85. The Bertz CT molecular complexity index is 1290. The molecule has 4 aromatic rings. The summed E-state index contributed by atoms with van der Waals surface area (Å²) in [5.74, 6) is -1.07. The van der Waals surface area contributed by atoms with Crippen LogP contribution in [-0.2, 0) is 6.54 Å². The van der Waals surface area contributed by atoms with E-state index < -0.39 is 12.1 Å². The molecule has 0 radical (unpaired) electrons. The third-order valence-electron chi connectivity index (χ3n) is 5.89. The van der Waals surface area contributed by atoms with Crippen LogP contribution < -0.4 is 9.80 Å². The minimum Gasteiger partial charge on any atom is -0.478 e. The second-order valence-electron chi connectivity index (χ2n) is 7.94. The number of nitrogens with zero attached hydrogens (tertiary/aromatic N) is 2. The van der Waals surface area contributed by atoms with E-state index in [0.29, 0.717) is 12.1 Å². The molecule has 5 nitrogen and oxygen atoms in total. The lowest BCUT2D eigenvalue weighted by molar-refractivity contribution is 0.0696. The van der Waals surface area contributed by atoms with Crippen LogP contribution in [0, 0.1) is 0 Å². The second kappa shape index (κ2) is 8.63. The minimum atomic E-state index is -0.979. The lowest BCUT2D eigenvalue weighted by Crippen LogP contribution is -2.49. The summed E-state index contributed by atoms with van der Waals surface area (Å²) in [5.41, 5.74) is 4.43. The van der Waals surface area contributed by atoms with Crippen molar-refractivity contribution >= 4 is 23.3 Å². The fraction of sp³-hybridized carbons (Fsp3) is 0.0714. The zero-order valence-electron chi connectivity index (χ0n) is 17.8. The van der Waals surface area contributed by atoms with Crippen LogP contribution in [0.3, 0.4) is 0 Å². The number of amides is 1. The number of rotatable bonds is 5. The van der Waals surface area contributed by atoms with Gasteiger partial charge in [-0.3, -0.25) is 9.69 Å². The van der Waals surface area contributed by atoms with Gasteiger partial charge in [0.25, 0.3) is 5.91 Å². The van der Waals surface area contributed by atoms with Crippen molar-refractivity contribution in [1.29, 1.82) is 0 Å². The summed E-state index contributed by atoms with van der Waals surface area (Å²) in [7, 11) is 0. The lowest BCUT2D eigenvalue weighted by Gasteiger charge is -2.46. The molecule has 0 unspecified atom stereocenters. The number of fused-ring (bicyclic) bond motifs is 1. The van der Waals surface area contributed by atoms with E-state index in [0.717, 1.165) is 22.5 Å². The summed E-state index contributed by atoms with van der Waals surface area (Å²) in [5, 5.41) is 9.36. The molecule has 4 aromatic carbocycles. The Morgan fingerprint density at radius 1 is 0.758 bits per heavy atom. The summed E-state index contributed by atoms with van der Waals surface area (Å²) >= 11 is 0. The molecule has 0 saturated heterocycles. The molecule has 0 spiro atoms. The Morgan fingerprint density at radius 3 is 2.03 bits per heavy atom. The highest BCUT2D eigenvalue weighted by atomic mass is 16.4. The fourth-order valence-corrected chi connectivity index (χ4v) is 4.34. The van der Waals surface area contributed by atoms with E-state index in [9.17, 15) is 14.7 Å². The molecule has 0 fully saturated rings.